The summed E-state index contributed by atoms with van der Waals surface area (Å²) < 4.78 is 19.3. The number of nitrogens with two attached hydrogens (primary N) is 1. The second kappa shape index (κ2) is 10.7. The van der Waals surface area contributed by atoms with Crippen LogP contribution in [0, 0.1) is 11.2 Å². The van der Waals surface area contributed by atoms with E-state index in [1.165, 1.54) is 12.1 Å². The summed E-state index contributed by atoms with van der Waals surface area (Å²) in [6.45, 7) is 10.7. The number of rotatable bonds is 7. The molecular formula is C27H33FN6O. The van der Waals surface area contributed by atoms with Crippen molar-refractivity contribution < 1.29 is 9.13 Å². The van der Waals surface area contributed by atoms with Crippen molar-refractivity contribution in [1.29, 1.82) is 5.41 Å². The van der Waals surface area contributed by atoms with Crippen LogP contribution in [-0.2, 0) is 11.2 Å². The third kappa shape index (κ3) is 5.38. The normalized spacial score (nSPS) is 16.3. The highest BCUT2D eigenvalue weighted by Crippen LogP contribution is 2.29. The first-order chi connectivity index (χ1) is 16.9. The monoisotopic (exact) mass is 476 g/mol. The number of nitrogens with one attached hydrogen (secondary N) is 2. The van der Waals surface area contributed by atoms with Crippen LogP contribution in [-0.4, -0.2) is 67.8 Å². The number of amidine groups is 1. The summed E-state index contributed by atoms with van der Waals surface area (Å²) in [5.74, 6) is 1.13. The van der Waals surface area contributed by atoms with Gasteiger partial charge >= 0.3 is 0 Å². The summed E-state index contributed by atoms with van der Waals surface area (Å²) >= 11 is 0. The molecular weight excluding hydrogens is 443 g/mol. The molecule has 0 aliphatic carbocycles. The minimum absolute atomic E-state index is 0.206. The van der Waals surface area contributed by atoms with Crippen LogP contribution >= 0.6 is 0 Å². The summed E-state index contributed by atoms with van der Waals surface area (Å²) in [6, 6.07) is 10.3. The van der Waals surface area contributed by atoms with Gasteiger partial charge in [0.1, 0.15) is 11.5 Å². The third-order valence-corrected chi connectivity index (χ3v) is 6.46. The molecule has 2 heterocycles. The lowest BCUT2D eigenvalue weighted by atomic mass is 9.95. The highest BCUT2D eigenvalue weighted by atomic mass is 19.1. The zero-order valence-electron chi connectivity index (χ0n) is 20.4. The van der Waals surface area contributed by atoms with Gasteiger partial charge in [-0.15, -0.1) is 0 Å². The fraction of sp³-hybridized carbons (Fsp3) is 0.333. The SMILES string of the molecule is C=C(N1CCOCC1)N1CC=C(/N=C(\NC)C(=N)c2ccc(-c3cc(F)ccc3CC)cc2N)C1. The number of morpholine rings is 1. The van der Waals surface area contributed by atoms with E-state index in [9.17, 15) is 4.39 Å². The van der Waals surface area contributed by atoms with E-state index in [0.29, 0.717) is 36.8 Å². The first kappa shape index (κ1) is 24.5. The number of hydrogen-bond acceptors (Lipinski definition) is 6. The molecule has 8 heteroatoms. The highest BCUT2D eigenvalue weighted by Gasteiger charge is 2.22. The molecule has 1 fully saturated rings. The van der Waals surface area contributed by atoms with Gasteiger partial charge in [0.25, 0.3) is 0 Å². The van der Waals surface area contributed by atoms with Gasteiger partial charge < -0.3 is 25.6 Å². The Morgan fingerprint density at radius 2 is 1.97 bits per heavy atom. The van der Waals surface area contributed by atoms with E-state index in [0.717, 1.165) is 54.3 Å². The Hall–Kier alpha value is -3.65. The molecule has 0 atom stereocenters. The predicted octanol–water partition coefficient (Wildman–Crippen LogP) is 3.63. The van der Waals surface area contributed by atoms with Crippen LogP contribution < -0.4 is 11.1 Å². The minimum Gasteiger partial charge on any atom is -0.398 e. The number of nitrogen functional groups attached to an aromatic ring is 1. The number of halogens is 1. The van der Waals surface area contributed by atoms with Gasteiger partial charge in [-0.05, 0) is 47.4 Å². The summed E-state index contributed by atoms with van der Waals surface area (Å²) in [4.78, 5) is 9.13. The van der Waals surface area contributed by atoms with Gasteiger partial charge in [0.05, 0.1) is 31.3 Å². The van der Waals surface area contributed by atoms with Gasteiger partial charge in [-0.25, -0.2) is 9.38 Å². The van der Waals surface area contributed by atoms with Crippen molar-refractivity contribution in [3.8, 4) is 11.1 Å². The maximum Gasteiger partial charge on any atom is 0.152 e. The Labute approximate surface area is 206 Å². The Morgan fingerprint density at radius 3 is 2.66 bits per heavy atom. The maximum atomic E-state index is 13.9. The number of likely N-dealkylation sites (N-methyl/N-ethyl adjacent to an activating group) is 1. The molecule has 0 bridgehead atoms. The smallest absolute Gasteiger partial charge is 0.152 e. The van der Waals surface area contributed by atoms with Gasteiger partial charge in [0.2, 0.25) is 0 Å². The fourth-order valence-electron chi connectivity index (χ4n) is 4.43. The number of ether oxygens (including phenoxy) is 1. The van der Waals surface area contributed by atoms with Crippen molar-refractivity contribution >= 4 is 17.2 Å². The van der Waals surface area contributed by atoms with E-state index < -0.39 is 0 Å². The van der Waals surface area contributed by atoms with Crippen LogP contribution in [0.2, 0.25) is 0 Å². The second-order valence-corrected chi connectivity index (χ2v) is 8.63. The molecule has 0 aromatic heterocycles. The Bertz CT molecular complexity index is 1180. The zero-order chi connectivity index (χ0) is 24.9. The zero-order valence-corrected chi connectivity index (χ0v) is 20.4. The average Bonchev–Trinajstić information content (AvgIpc) is 3.35. The van der Waals surface area contributed by atoms with Gasteiger partial charge in [-0.3, -0.25) is 5.41 Å². The van der Waals surface area contributed by atoms with Crippen molar-refractivity contribution in [2.75, 3.05) is 52.2 Å². The van der Waals surface area contributed by atoms with Crippen molar-refractivity contribution in [3.05, 3.63) is 77.5 Å². The molecule has 4 N–H and O–H groups in total. The average molecular weight is 477 g/mol. The number of aliphatic imine (C=N–C) groups is 1. The summed E-state index contributed by atoms with van der Waals surface area (Å²) in [7, 11) is 1.75. The molecule has 0 saturated carbocycles. The van der Waals surface area contributed by atoms with Crippen molar-refractivity contribution in [2.45, 2.75) is 13.3 Å². The standard InChI is InChI=1S/C27H33FN6O/c1-4-19-5-7-21(28)16-24(19)20-6-8-23(25(29)15-20)26(30)27(31-3)32-22-9-10-34(17-22)18(2)33-11-13-35-14-12-33/h5-9,15-16,30H,2,4,10-14,17,29H2,1,3H3,(H,31,32). The molecule has 2 aromatic carbocycles. The lowest BCUT2D eigenvalue weighted by Gasteiger charge is -2.35. The number of aryl methyl sites for hydroxylation is 1. The lowest BCUT2D eigenvalue weighted by molar-refractivity contribution is 0.0407. The molecule has 0 spiro atoms. The quantitative estimate of drug-likeness (QED) is 0.323. The van der Waals surface area contributed by atoms with Gasteiger partial charge in [-0.1, -0.05) is 31.7 Å². The summed E-state index contributed by atoms with van der Waals surface area (Å²) in [5, 5.41) is 11.8. The largest absolute Gasteiger partial charge is 0.398 e. The van der Waals surface area contributed by atoms with Gasteiger partial charge in [0.15, 0.2) is 5.84 Å². The molecule has 184 valence electrons. The summed E-state index contributed by atoms with van der Waals surface area (Å²) in [6.07, 6.45) is 2.84. The fourth-order valence-corrected chi connectivity index (χ4v) is 4.43. The van der Waals surface area contributed by atoms with Crippen LogP contribution in [0.4, 0.5) is 10.1 Å². The second-order valence-electron chi connectivity index (χ2n) is 8.63. The van der Waals surface area contributed by atoms with Crippen molar-refractivity contribution in [3.63, 3.8) is 0 Å². The molecule has 0 amide bonds. The van der Waals surface area contributed by atoms with E-state index >= 15 is 0 Å². The van der Waals surface area contributed by atoms with E-state index in [1.807, 2.05) is 13.0 Å². The molecule has 7 nitrogen and oxygen atoms in total. The minimum atomic E-state index is -0.285. The van der Waals surface area contributed by atoms with E-state index in [1.54, 1.807) is 25.2 Å². The summed E-state index contributed by atoms with van der Waals surface area (Å²) in [5.41, 5.74) is 11.2. The van der Waals surface area contributed by atoms with Gasteiger partial charge in [-0.2, -0.15) is 0 Å². The number of anilines is 1. The lowest BCUT2D eigenvalue weighted by Crippen LogP contribution is -2.41. The number of hydrogen-bond donors (Lipinski definition) is 3. The van der Waals surface area contributed by atoms with Crippen LogP contribution in [0.5, 0.6) is 0 Å². The number of nitrogens with zero attached hydrogens (tertiary/aromatic N) is 3. The highest BCUT2D eigenvalue weighted by molar-refractivity contribution is 6.47. The first-order valence-corrected chi connectivity index (χ1v) is 11.9. The Balaban J connectivity index is 1.50. The first-order valence-electron chi connectivity index (χ1n) is 11.9. The van der Waals surface area contributed by atoms with Gasteiger partial charge in [0, 0.05) is 37.9 Å². The molecule has 2 aliphatic heterocycles. The Kier molecular flexibility index (Phi) is 7.51. The van der Waals surface area contributed by atoms with Crippen molar-refractivity contribution in [1.82, 2.24) is 15.1 Å². The molecule has 0 radical (unpaired) electrons. The molecule has 2 aromatic rings. The molecule has 4 rings (SSSR count). The van der Waals surface area contributed by atoms with E-state index in [-0.39, 0.29) is 11.5 Å². The van der Waals surface area contributed by atoms with Crippen LogP contribution in [0.3, 0.4) is 0 Å². The van der Waals surface area contributed by atoms with Crippen molar-refractivity contribution in [2.24, 2.45) is 4.99 Å². The van der Waals surface area contributed by atoms with E-state index in [2.05, 4.69) is 27.8 Å². The van der Waals surface area contributed by atoms with Crippen LogP contribution in [0.25, 0.3) is 11.1 Å². The molecule has 1 saturated heterocycles. The van der Waals surface area contributed by atoms with Crippen LogP contribution in [0.1, 0.15) is 18.1 Å². The Morgan fingerprint density at radius 1 is 1.20 bits per heavy atom. The van der Waals surface area contributed by atoms with Crippen LogP contribution in [0.15, 0.2) is 65.6 Å². The predicted molar refractivity (Wildman–Crippen MR) is 140 cm³/mol. The maximum absolute atomic E-state index is 13.9. The topological polar surface area (TPSA) is 90.0 Å². The molecule has 2 aliphatic rings. The third-order valence-electron chi connectivity index (χ3n) is 6.46. The van der Waals surface area contributed by atoms with E-state index in [4.69, 9.17) is 20.9 Å². The molecule has 35 heavy (non-hydrogen) atoms. The molecule has 0 unspecified atom stereocenters. The number of benzene rings is 2.